The van der Waals surface area contributed by atoms with Crippen LogP contribution in [0.15, 0.2) is 24.3 Å². The van der Waals surface area contributed by atoms with Crippen LogP contribution in [-0.2, 0) is 6.18 Å². The molecule has 6 heteroatoms. The first-order valence-corrected chi connectivity index (χ1v) is 4.58. The molecule has 1 rings (SSSR count). The minimum absolute atomic E-state index is 0.0383. The lowest BCUT2D eigenvalue weighted by Gasteiger charge is -2.18. The van der Waals surface area contributed by atoms with E-state index in [1.807, 2.05) is 0 Å². The molecule has 2 unspecified atom stereocenters. The lowest BCUT2D eigenvalue weighted by atomic mass is 10.0. The maximum Gasteiger partial charge on any atom is 0.416 e. The number of rotatable bonds is 3. The predicted molar refractivity (Wildman–Crippen MR) is 51.5 cm³/mol. The van der Waals surface area contributed by atoms with Gasteiger partial charge < -0.3 is 15.9 Å². The Hall–Kier alpha value is -1.11. The Kier molecular flexibility index (Phi) is 3.90. The molecule has 0 saturated carbocycles. The smallest absolute Gasteiger partial charge is 0.395 e. The lowest BCUT2D eigenvalue weighted by molar-refractivity contribution is -0.137. The summed E-state index contributed by atoms with van der Waals surface area (Å²) in [6.45, 7) is -0.503. The van der Waals surface area contributed by atoms with Crippen molar-refractivity contribution >= 4 is 0 Å². The Morgan fingerprint density at radius 2 is 1.94 bits per heavy atom. The van der Waals surface area contributed by atoms with Crippen LogP contribution in [0.25, 0.3) is 0 Å². The first-order valence-electron chi connectivity index (χ1n) is 4.58. The summed E-state index contributed by atoms with van der Waals surface area (Å²) in [4.78, 5) is 0. The highest BCUT2D eigenvalue weighted by atomic mass is 19.4. The van der Waals surface area contributed by atoms with Gasteiger partial charge in [-0.1, -0.05) is 12.1 Å². The summed E-state index contributed by atoms with van der Waals surface area (Å²) in [5, 5.41) is 18.2. The van der Waals surface area contributed by atoms with Gasteiger partial charge in [0.25, 0.3) is 0 Å². The van der Waals surface area contributed by atoms with Crippen LogP contribution >= 0.6 is 0 Å². The summed E-state index contributed by atoms with van der Waals surface area (Å²) >= 11 is 0. The molecule has 3 nitrogen and oxygen atoms in total. The molecule has 1 aromatic carbocycles. The predicted octanol–water partition coefficient (Wildman–Crippen LogP) is 1.06. The zero-order chi connectivity index (χ0) is 12.3. The van der Waals surface area contributed by atoms with Crippen molar-refractivity contribution < 1.29 is 23.4 Å². The molecule has 0 aliphatic carbocycles. The van der Waals surface area contributed by atoms with E-state index in [2.05, 4.69) is 0 Å². The molecule has 0 fully saturated rings. The quantitative estimate of drug-likeness (QED) is 0.733. The highest BCUT2D eigenvalue weighted by Crippen LogP contribution is 2.31. The normalized spacial score (nSPS) is 15.9. The van der Waals surface area contributed by atoms with Crippen molar-refractivity contribution in [2.24, 2.45) is 5.73 Å². The second-order valence-electron chi connectivity index (χ2n) is 3.41. The monoisotopic (exact) mass is 235 g/mol. The van der Waals surface area contributed by atoms with E-state index in [9.17, 15) is 18.3 Å². The zero-order valence-corrected chi connectivity index (χ0v) is 8.28. The summed E-state index contributed by atoms with van der Waals surface area (Å²) in [6.07, 6.45) is -5.77. The Balaban J connectivity index is 2.99. The van der Waals surface area contributed by atoms with Crippen LogP contribution in [-0.4, -0.2) is 22.9 Å². The number of hydrogen-bond acceptors (Lipinski definition) is 3. The minimum atomic E-state index is -4.46. The van der Waals surface area contributed by atoms with E-state index in [0.717, 1.165) is 12.1 Å². The summed E-state index contributed by atoms with van der Waals surface area (Å²) < 4.78 is 37.1. The van der Waals surface area contributed by atoms with E-state index in [1.54, 1.807) is 0 Å². The Labute approximate surface area is 90.3 Å². The van der Waals surface area contributed by atoms with Crippen molar-refractivity contribution in [3.63, 3.8) is 0 Å². The minimum Gasteiger partial charge on any atom is -0.395 e. The highest BCUT2D eigenvalue weighted by molar-refractivity contribution is 5.27. The van der Waals surface area contributed by atoms with Crippen LogP contribution in [0.1, 0.15) is 17.2 Å². The van der Waals surface area contributed by atoms with E-state index >= 15 is 0 Å². The fourth-order valence-electron chi connectivity index (χ4n) is 1.25. The van der Waals surface area contributed by atoms with Crippen LogP contribution in [0.3, 0.4) is 0 Å². The summed E-state index contributed by atoms with van der Waals surface area (Å²) in [5.74, 6) is 0. The molecule has 0 aliphatic heterocycles. The largest absolute Gasteiger partial charge is 0.416 e. The van der Waals surface area contributed by atoms with Crippen LogP contribution < -0.4 is 5.73 Å². The van der Waals surface area contributed by atoms with E-state index in [4.69, 9.17) is 10.8 Å². The number of alkyl halides is 3. The van der Waals surface area contributed by atoms with Crippen molar-refractivity contribution in [1.29, 1.82) is 0 Å². The first kappa shape index (κ1) is 13.0. The van der Waals surface area contributed by atoms with Crippen LogP contribution in [0, 0.1) is 0 Å². The molecule has 0 aromatic heterocycles. The zero-order valence-electron chi connectivity index (χ0n) is 8.28. The third kappa shape index (κ3) is 2.94. The number of aliphatic hydroxyl groups excluding tert-OH is 2. The number of benzene rings is 1. The van der Waals surface area contributed by atoms with Gasteiger partial charge in [0, 0.05) is 0 Å². The number of halogens is 3. The molecule has 0 saturated heterocycles. The Morgan fingerprint density at radius 1 is 1.31 bits per heavy atom. The van der Waals surface area contributed by atoms with Crippen molar-refractivity contribution in [1.82, 2.24) is 0 Å². The van der Waals surface area contributed by atoms with Gasteiger partial charge in [-0.05, 0) is 17.7 Å². The average molecular weight is 235 g/mol. The van der Waals surface area contributed by atoms with E-state index in [1.165, 1.54) is 12.1 Å². The molecule has 2 atom stereocenters. The van der Waals surface area contributed by atoms with E-state index < -0.39 is 30.5 Å². The molecule has 0 bridgehead atoms. The first-order chi connectivity index (χ1) is 7.36. The fraction of sp³-hybridized carbons (Fsp3) is 0.400. The molecule has 0 spiro atoms. The SMILES string of the molecule is NC(CO)C(O)c1cccc(C(F)(F)F)c1. The van der Waals surface area contributed by atoms with Gasteiger partial charge in [-0.3, -0.25) is 0 Å². The molecule has 4 N–H and O–H groups in total. The average Bonchev–Trinajstić information content (AvgIpc) is 2.26. The van der Waals surface area contributed by atoms with E-state index in [0.29, 0.717) is 0 Å². The van der Waals surface area contributed by atoms with Crippen molar-refractivity contribution in [2.45, 2.75) is 18.3 Å². The molecule has 90 valence electrons. The van der Waals surface area contributed by atoms with E-state index in [-0.39, 0.29) is 5.56 Å². The third-order valence-corrected chi connectivity index (χ3v) is 2.17. The molecule has 0 amide bonds. The Bertz CT molecular complexity index is 354. The summed E-state index contributed by atoms with van der Waals surface area (Å²) in [6, 6.07) is 3.24. The van der Waals surface area contributed by atoms with Crippen molar-refractivity contribution in [3.05, 3.63) is 35.4 Å². The van der Waals surface area contributed by atoms with Crippen LogP contribution in [0.2, 0.25) is 0 Å². The van der Waals surface area contributed by atoms with Gasteiger partial charge in [-0.25, -0.2) is 0 Å². The maximum atomic E-state index is 12.4. The van der Waals surface area contributed by atoms with Gasteiger partial charge in [0.15, 0.2) is 0 Å². The number of hydrogen-bond donors (Lipinski definition) is 3. The maximum absolute atomic E-state index is 12.4. The van der Waals surface area contributed by atoms with Gasteiger partial charge >= 0.3 is 6.18 Å². The highest BCUT2D eigenvalue weighted by Gasteiger charge is 2.31. The van der Waals surface area contributed by atoms with Gasteiger partial charge in [-0.15, -0.1) is 0 Å². The number of nitrogens with two attached hydrogens (primary N) is 1. The molecule has 1 aromatic rings. The van der Waals surface area contributed by atoms with Gasteiger partial charge in [0.1, 0.15) is 0 Å². The molecule has 0 radical (unpaired) electrons. The summed E-state index contributed by atoms with van der Waals surface area (Å²) in [5.41, 5.74) is 4.51. The van der Waals surface area contributed by atoms with Gasteiger partial charge in [0.2, 0.25) is 0 Å². The van der Waals surface area contributed by atoms with Crippen LogP contribution in [0.5, 0.6) is 0 Å². The van der Waals surface area contributed by atoms with Crippen molar-refractivity contribution in [2.75, 3.05) is 6.61 Å². The molecular formula is C10H12F3NO2. The Morgan fingerprint density at radius 3 is 2.44 bits per heavy atom. The van der Waals surface area contributed by atoms with Gasteiger partial charge in [0.05, 0.1) is 24.3 Å². The molecular weight excluding hydrogens is 223 g/mol. The molecule has 0 aliphatic rings. The summed E-state index contributed by atoms with van der Waals surface area (Å²) in [7, 11) is 0. The fourth-order valence-corrected chi connectivity index (χ4v) is 1.25. The van der Waals surface area contributed by atoms with Gasteiger partial charge in [-0.2, -0.15) is 13.2 Å². The van der Waals surface area contributed by atoms with Crippen molar-refractivity contribution in [3.8, 4) is 0 Å². The lowest BCUT2D eigenvalue weighted by Crippen LogP contribution is -2.32. The molecule has 16 heavy (non-hydrogen) atoms. The number of aliphatic hydroxyl groups is 2. The second-order valence-corrected chi connectivity index (χ2v) is 3.41. The van der Waals surface area contributed by atoms with Crippen LogP contribution in [0.4, 0.5) is 13.2 Å². The topological polar surface area (TPSA) is 66.5 Å². The standard InChI is InChI=1S/C10H12F3NO2/c11-10(12,13)7-3-1-2-6(4-7)9(16)8(14)5-15/h1-4,8-9,15-16H,5,14H2. The molecule has 0 heterocycles. The third-order valence-electron chi connectivity index (χ3n) is 2.17. The second kappa shape index (κ2) is 4.82.